The van der Waals surface area contributed by atoms with Gasteiger partial charge in [-0.1, -0.05) is 6.42 Å². The molecule has 0 radical (unpaired) electrons. The third-order valence-corrected chi connectivity index (χ3v) is 4.35. The van der Waals surface area contributed by atoms with Crippen LogP contribution < -0.4 is 5.32 Å². The first-order chi connectivity index (χ1) is 8.86. The lowest BCUT2D eigenvalue weighted by atomic mass is 10.1. The van der Waals surface area contributed by atoms with Crippen LogP contribution in [0.5, 0.6) is 0 Å². The van der Waals surface area contributed by atoms with Crippen LogP contribution in [-0.4, -0.2) is 24.3 Å². The van der Waals surface area contributed by atoms with Crippen LogP contribution in [0.2, 0.25) is 0 Å². The van der Waals surface area contributed by atoms with Crippen molar-refractivity contribution in [2.24, 2.45) is 0 Å². The third kappa shape index (κ3) is 2.47. The molecule has 1 fully saturated rings. The zero-order valence-electron chi connectivity index (χ0n) is 11.3. The number of aryl methyl sites for hydroxylation is 1. The summed E-state index contributed by atoms with van der Waals surface area (Å²) in [5.41, 5.74) is 3.07. The number of fused-ring (bicyclic) bond motifs is 1. The minimum absolute atomic E-state index is 0.439. The Balaban J connectivity index is 1.77. The van der Waals surface area contributed by atoms with Crippen LogP contribution in [0, 0.1) is 0 Å². The highest BCUT2D eigenvalue weighted by Gasteiger charge is 2.21. The van der Waals surface area contributed by atoms with Gasteiger partial charge in [-0.25, -0.2) is 0 Å². The molecule has 0 aromatic carbocycles. The molecule has 0 bridgehead atoms. The fourth-order valence-electron chi connectivity index (χ4n) is 3.34. The van der Waals surface area contributed by atoms with Crippen LogP contribution in [0.1, 0.15) is 49.3 Å². The van der Waals surface area contributed by atoms with Crippen LogP contribution in [0.15, 0.2) is 12.4 Å². The minimum atomic E-state index is 0.439. The third-order valence-electron chi connectivity index (χ3n) is 4.35. The summed E-state index contributed by atoms with van der Waals surface area (Å²) < 4.78 is 8.09. The molecule has 1 aromatic heterocycles. The molecule has 100 valence electrons. The lowest BCUT2D eigenvalue weighted by molar-refractivity contribution is 0.0970. The zero-order valence-corrected chi connectivity index (χ0v) is 11.3. The Bertz CT molecular complexity index is 393. The van der Waals surface area contributed by atoms with Gasteiger partial charge in [0.25, 0.3) is 0 Å². The molecule has 0 spiro atoms. The summed E-state index contributed by atoms with van der Waals surface area (Å²) in [6, 6.07) is 0.549. The van der Waals surface area contributed by atoms with Crippen molar-refractivity contribution >= 4 is 0 Å². The van der Waals surface area contributed by atoms with E-state index in [2.05, 4.69) is 29.3 Å². The number of rotatable bonds is 3. The van der Waals surface area contributed by atoms with Gasteiger partial charge >= 0.3 is 0 Å². The molecule has 3 nitrogen and oxygen atoms in total. The Kier molecular flexibility index (Phi) is 3.71. The lowest BCUT2D eigenvalue weighted by Crippen LogP contribution is -2.16. The van der Waals surface area contributed by atoms with Crippen molar-refractivity contribution in [3.05, 3.63) is 23.5 Å². The van der Waals surface area contributed by atoms with Gasteiger partial charge < -0.3 is 14.6 Å². The van der Waals surface area contributed by atoms with Crippen molar-refractivity contribution < 1.29 is 4.74 Å². The molecule has 1 N–H and O–H groups in total. The summed E-state index contributed by atoms with van der Waals surface area (Å²) in [5.74, 6) is 0. The molecule has 2 atom stereocenters. The molecule has 3 rings (SSSR count). The second kappa shape index (κ2) is 5.45. The summed E-state index contributed by atoms with van der Waals surface area (Å²) in [5, 5.41) is 3.46. The summed E-state index contributed by atoms with van der Waals surface area (Å²) >= 11 is 0. The van der Waals surface area contributed by atoms with Gasteiger partial charge in [-0.05, 0) is 50.3 Å². The fraction of sp³-hybridized carbons (Fsp3) is 0.733. The Hall–Kier alpha value is -0.800. The monoisotopic (exact) mass is 248 g/mol. The second-order valence-electron chi connectivity index (χ2n) is 5.66. The van der Waals surface area contributed by atoms with E-state index in [4.69, 9.17) is 4.74 Å². The molecule has 1 aliphatic heterocycles. The summed E-state index contributed by atoms with van der Waals surface area (Å²) in [7, 11) is 2.08. The lowest BCUT2D eigenvalue weighted by Gasteiger charge is -2.14. The largest absolute Gasteiger partial charge is 0.376 e. The summed E-state index contributed by atoms with van der Waals surface area (Å²) in [6.45, 7) is 1.98. The van der Waals surface area contributed by atoms with Crippen molar-refractivity contribution in [2.75, 3.05) is 13.7 Å². The Morgan fingerprint density at radius 3 is 3.00 bits per heavy atom. The molecule has 3 heteroatoms. The molecule has 2 unspecified atom stereocenters. The number of aromatic nitrogens is 1. The van der Waals surface area contributed by atoms with Gasteiger partial charge in [-0.15, -0.1) is 0 Å². The molecule has 2 aliphatic rings. The van der Waals surface area contributed by atoms with Crippen LogP contribution in [0.4, 0.5) is 0 Å². The summed E-state index contributed by atoms with van der Waals surface area (Å²) in [6.07, 6.45) is 12.8. The molecule has 0 saturated carbocycles. The molecular formula is C15H24N2O. The summed E-state index contributed by atoms with van der Waals surface area (Å²) in [4.78, 5) is 0. The first kappa shape index (κ1) is 12.2. The van der Waals surface area contributed by atoms with Gasteiger partial charge in [-0.2, -0.15) is 0 Å². The van der Waals surface area contributed by atoms with E-state index in [0.717, 1.165) is 13.2 Å². The predicted molar refractivity (Wildman–Crippen MR) is 72.8 cm³/mol. The highest BCUT2D eigenvalue weighted by molar-refractivity contribution is 5.29. The Morgan fingerprint density at radius 2 is 2.22 bits per heavy atom. The second-order valence-corrected chi connectivity index (χ2v) is 5.66. The minimum Gasteiger partial charge on any atom is -0.376 e. The number of nitrogens with zero attached hydrogens (tertiary/aromatic N) is 1. The van der Waals surface area contributed by atoms with E-state index in [-0.39, 0.29) is 0 Å². The SMILES string of the molecule is CNC1CCCCc2cn(CC3CCCO3)cc21. The normalized spacial score (nSPS) is 28.1. The molecule has 18 heavy (non-hydrogen) atoms. The van der Waals surface area contributed by atoms with Crippen molar-refractivity contribution in [1.29, 1.82) is 0 Å². The quantitative estimate of drug-likeness (QED) is 0.832. The molecule has 1 saturated heterocycles. The van der Waals surface area contributed by atoms with Gasteiger partial charge in [0, 0.05) is 31.6 Å². The number of hydrogen-bond donors (Lipinski definition) is 1. The van der Waals surface area contributed by atoms with E-state index in [9.17, 15) is 0 Å². The van der Waals surface area contributed by atoms with E-state index in [1.807, 2.05) is 0 Å². The van der Waals surface area contributed by atoms with Crippen molar-refractivity contribution in [2.45, 2.75) is 57.2 Å². The topological polar surface area (TPSA) is 26.2 Å². The molecule has 1 aromatic rings. The van der Waals surface area contributed by atoms with E-state index < -0.39 is 0 Å². The van der Waals surface area contributed by atoms with Crippen molar-refractivity contribution in [1.82, 2.24) is 9.88 Å². The molecule has 1 aliphatic carbocycles. The van der Waals surface area contributed by atoms with E-state index >= 15 is 0 Å². The first-order valence-electron chi connectivity index (χ1n) is 7.34. The predicted octanol–water partition coefficient (Wildman–Crippen LogP) is 2.65. The molecule has 0 amide bonds. The van der Waals surface area contributed by atoms with Crippen molar-refractivity contribution in [3.8, 4) is 0 Å². The maximum absolute atomic E-state index is 5.73. The first-order valence-corrected chi connectivity index (χ1v) is 7.34. The average Bonchev–Trinajstić information content (AvgIpc) is 2.97. The maximum atomic E-state index is 5.73. The van der Waals surface area contributed by atoms with Gasteiger partial charge in [-0.3, -0.25) is 0 Å². The highest BCUT2D eigenvalue weighted by Crippen LogP contribution is 2.29. The maximum Gasteiger partial charge on any atom is 0.0754 e. The average molecular weight is 248 g/mol. The van der Waals surface area contributed by atoms with Gasteiger partial charge in [0.2, 0.25) is 0 Å². The van der Waals surface area contributed by atoms with Crippen LogP contribution >= 0.6 is 0 Å². The van der Waals surface area contributed by atoms with E-state index in [0.29, 0.717) is 12.1 Å². The van der Waals surface area contributed by atoms with E-state index in [1.54, 1.807) is 5.56 Å². The van der Waals surface area contributed by atoms with Gasteiger partial charge in [0.15, 0.2) is 0 Å². The van der Waals surface area contributed by atoms with E-state index in [1.165, 1.54) is 44.1 Å². The smallest absolute Gasteiger partial charge is 0.0754 e. The van der Waals surface area contributed by atoms with Gasteiger partial charge in [0.1, 0.15) is 0 Å². The Morgan fingerprint density at radius 1 is 1.28 bits per heavy atom. The van der Waals surface area contributed by atoms with Crippen LogP contribution in [0.3, 0.4) is 0 Å². The fourth-order valence-corrected chi connectivity index (χ4v) is 3.34. The van der Waals surface area contributed by atoms with Crippen molar-refractivity contribution in [3.63, 3.8) is 0 Å². The number of nitrogens with one attached hydrogen (secondary N) is 1. The standard InChI is InChI=1S/C15H24N2O/c1-16-15-7-3-2-5-12-9-17(11-14(12)15)10-13-6-4-8-18-13/h9,11,13,15-16H,2-8,10H2,1H3. The number of ether oxygens (including phenoxy) is 1. The molecule has 2 heterocycles. The number of hydrogen-bond acceptors (Lipinski definition) is 2. The highest BCUT2D eigenvalue weighted by atomic mass is 16.5. The molecular weight excluding hydrogens is 224 g/mol. The van der Waals surface area contributed by atoms with Gasteiger partial charge in [0.05, 0.1) is 6.10 Å². The van der Waals surface area contributed by atoms with Crippen LogP contribution in [-0.2, 0) is 17.7 Å². The van der Waals surface area contributed by atoms with Crippen LogP contribution in [0.25, 0.3) is 0 Å². The Labute approximate surface area is 110 Å². The zero-order chi connectivity index (χ0) is 12.4.